The van der Waals surface area contributed by atoms with E-state index in [-0.39, 0.29) is 5.91 Å². The summed E-state index contributed by atoms with van der Waals surface area (Å²) in [4.78, 5) is 12.7. The molecule has 0 radical (unpaired) electrons. The van der Waals surface area contributed by atoms with E-state index in [2.05, 4.69) is 43.4 Å². The second-order valence-electron chi connectivity index (χ2n) is 8.16. The standard InChI is InChI=1S/C29H29NO3/c1-5-21-9-13-23(14-10-21)30-29(31)15-20(4)24-16-25-26(22-11-7-19(3)8-12-22)18-33-28(25)17-27(24)32-6-2/h7-18H,5-6H2,1-4H3,(H,30,31)/b20-15+. The molecule has 0 spiro atoms. The zero-order valence-electron chi connectivity index (χ0n) is 19.6. The van der Waals surface area contributed by atoms with E-state index in [0.717, 1.165) is 45.3 Å². The summed E-state index contributed by atoms with van der Waals surface area (Å²) in [5.41, 5.74) is 7.77. The van der Waals surface area contributed by atoms with Gasteiger partial charge in [-0.1, -0.05) is 48.9 Å². The van der Waals surface area contributed by atoms with Gasteiger partial charge >= 0.3 is 0 Å². The highest BCUT2D eigenvalue weighted by Crippen LogP contribution is 2.37. The van der Waals surface area contributed by atoms with E-state index in [1.165, 1.54) is 11.1 Å². The first kappa shape index (κ1) is 22.4. The lowest BCUT2D eigenvalue weighted by Crippen LogP contribution is -2.08. The Labute approximate surface area is 194 Å². The average molecular weight is 440 g/mol. The van der Waals surface area contributed by atoms with Crippen molar-refractivity contribution < 1.29 is 13.9 Å². The maximum atomic E-state index is 12.7. The average Bonchev–Trinajstić information content (AvgIpc) is 3.22. The van der Waals surface area contributed by atoms with E-state index in [9.17, 15) is 4.79 Å². The van der Waals surface area contributed by atoms with Gasteiger partial charge in [-0.2, -0.15) is 0 Å². The summed E-state index contributed by atoms with van der Waals surface area (Å²) in [6, 6.07) is 20.2. The molecular weight excluding hydrogens is 410 g/mol. The Morgan fingerprint density at radius 2 is 1.76 bits per heavy atom. The number of hydrogen-bond acceptors (Lipinski definition) is 3. The van der Waals surface area contributed by atoms with Gasteiger partial charge in [0.1, 0.15) is 11.3 Å². The van der Waals surface area contributed by atoms with Crippen molar-refractivity contribution in [1.82, 2.24) is 0 Å². The molecule has 1 amide bonds. The minimum Gasteiger partial charge on any atom is -0.493 e. The summed E-state index contributed by atoms with van der Waals surface area (Å²) in [5, 5.41) is 3.93. The normalized spacial score (nSPS) is 11.6. The molecule has 0 aliphatic rings. The van der Waals surface area contributed by atoms with Crippen molar-refractivity contribution in [3.63, 3.8) is 0 Å². The van der Waals surface area contributed by atoms with Crippen molar-refractivity contribution in [3.8, 4) is 16.9 Å². The number of anilines is 1. The second kappa shape index (κ2) is 9.78. The van der Waals surface area contributed by atoms with Gasteiger partial charge in [0, 0.05) is 34.3 Å². The summed E-state index contributed by atoms with van der Waals surface area (Å²) in [6.07, 6.45) is 4.36. The Morgan fingerprint density at radius 1 is 1.03 bits per heavy atom. The Morgan fingerprint density at radius 3 is 2.42 bits per heavy atom. The van der Waals surface area contributed by atoms with Crippen LogP contribution in [0, 0.1) is 6.92 Å². The fraction of sp³-hybridized carbons (Fsp3) is 0.207. The highest BCUT2D eigenvalue weighted by atomic mass is 16.5. The van der Waals surface area contributed by atoms with Gasteiger partial charge in [-0.25, -0.2) is 0 Å². The van der Waals surface area contributed by atoms with Crippen LogP contribution in [-0.4, -0.2) is 12.5 Å². The Hall–Kier alpha value is -3.79. The van der Waals surface area contributed by atoms with Crippen LogP contribution in [-0.2, 0) is 11.2 Å². The van der Waals surface area contributed by atoms with Gasteiger partial charge in [0.15, 0.2) is 0 Å². The number of allylic oxidation sites excluding steroid dienone is 1. The highest BCUT2D eigenvalue weighted by molar-refractivity contribution is 6.05. The molecule has 1 heterocycles. The molecule has 4 nitrogen and oxygen atoms in total. The molecule has 0 saturated heterocycles. The molecule has 0 fully saturated rings. The van der Waals surface area contributed by atoms with Crippen LogP contribution in [0.15, 0.2) is 77.4 Å². The van der Waals surface area contributed by atoms with Crippen molar-refractivity contribution in [1.29, 1.82) is 0 Å². The summed E-state index contributed by atoms with van der Waals surface area (Å²) in [6.45, 7) is 8.57. The van der Waals surface area contributed by atoms with Crippen molar-refractivity contribution >= 4 is 28.1 Å². The van der Waals surface area contributed by atoms with Crippen LogP contribution in [0.4, 0.5) is 5.69 Å². The summed E-state index contributed by atoms with van der Waals surface area (Å²) in [5.74, 6) is 0.522. The first-order valence-corrected chi connectivity index (χ1v) is 11.3. The number of carbonyl (C=O) groups excluding carboxylic acids is 1. The summed E-state index contributed by atoms with van der Waals surface area (Å²) >= 11 is 0. The van der Waals surface area contributed by atoms with Crippen LogP contribution in [0.25, 0.3) is 27.7 Å². The lowest BCUT2D eigenvalue weighted by Gasteiger charge is -2.12. The SMILES string of the molecule is CCOc1cc2occ(-c3ccc(C)cc3)c2cc1/C(C)=C/C(=O)Nc1ccc(CC)cc1. The predicted molar refractivity (Wildman–Crippen MR) is 136 cm³/mol. The summed E-state index contributed by atoms with van der Waals surface area (Å²) in [7, 11) is 0. The molecule has 1 N–H and O–H groups in total. The number of benzene rings is 3. The minimum atomic E-state index is -0.176. The number of rotatable bonds is 7. The first-order chi connectivity index (χ1) is 16.0. The molecule has 0 unspecified atom stereocenters. The third kappa shape index (κ3) is 5.01. The van der Waals surface area contributed by atoms with Crippen LogP contribution < -0.4 is 10.1 Å². The maximum absolute atomic E-state index is 12.7. The van der Waals surface area contributed by atoms with Gasteiger partial charge in [-0.05, 0) is 62.1 Å². The minimum absolute atomic E-state index is 0.176. The van der Waals surface area contributed by atoms with E-state index in [0.29, 0.717) is 12.4 Å². The number of fused-ring (bicyclic) bond motifs is 1. The lowest BCUT2D eigenvalue weighted by molar-refractivity contribution is -0.111. The van der Waals surface area contributed by atoms with E-state index < -0.39 is 0 Å². The Kier molecular flexibility index (Phi) is 6.64. The van der Waals surface area contributed by atoms with E-state index in [1.54, 1.807) is 12.3 Å². The molecule has 0 aliphatic carbocycles. The van der Waals surface area contributed by atoms with Gasteiger partial charge in [0.05, 0.1) is 12.9 Å². The van der Waals surface area contributed by atoms with Gasteiger partial charge in [-0.3, -0.25) is 4.79 Å². The van der Waals surface area contributed by atoms with Crippen LogP contribution in [0.1, 0.15) is 37.5 Å². The third-order valence-corrected chi connectivity index (χ3v) is 5.74. The predicted octanol–water partition coefficient (Wildman–Crippen LogP) is 7.41. The summed E-state index contributed by atoms with van der Waals surface area (Å²) < 4.78 is 11.7. The monoisotopic (exact) mass is 439 g/mol. The van der Waals surface area contributed by atoms with E-state index in [4.69, 9.17) is 9.15 Å². The van der Waals surface area contributed by atoms with Crippen LogP contribution in [0.3, 0.4) is 0 Å². The van der Waals surface area contributed by atoms with Gasteiger partial charge in [0.25, 0.3) is 0 Å². The second-order valence-corrected chi connectivity index (χ2v) is 8.16. The molecule has 33 heavy (non-hydrogen) atoms. The van der Waals surface area contributed by atoms with Crippen LogP contribution in [0.2, 0.25) is 0 Å². The molecule has 0 saturated carbocycles. The number of nitrogens with one attached hydrogen (secondary N) is 1. The molecule has 0 bridgehead atoms. The quantitative estimate of drug-likeness (QED) is 0.305. The van der Waals surface area contributed by atoms with Gasteiger partial charge in [-0.15, -0.1) is 0 Å². The topological polar surface area (TPSA) is 51.5 Å². The molecular formula is C29H29NO3. The fourth-order valence-corrected chi connectivity index (χ4v) is 3.87. The third-order valence-electron chi connectivity index (χ3n) is 5.74. The zero-order chi connectivity index (χ0) is 23.4. The van der Waals surface area contributed by atoms with Crippen molar-refractivity contribution in [2.75, 3.05) is 11.9 Å². The van der Waals surface area contributed by atoms with Crippen LogP contribution in [0.5, 0.6) is 5.75 Å². The largest absolute Gasteiger partial charge is 0.493 e. The van der Waals surface area contributed by atoms with Crippen molar-refractivity contribution in [2.45, 2.75) is 34.1 Å². The Bertz CT molecular complexity index is 1300. The van der Waals surface area contributed by atoms with E-state index in [1.807, 2.05) is 50.2 Å². The fourth-order valence-electron chi connectivity index (χ4n) is 3.87. The van der Waals surface area contributed by atoms with Crippen LogP contribution >= 0.6 is 0 Å². The molecule has 4 aromatic rings. The Balaban J connectivity index is 1.69. The van der Waals surface area contributed by atoms with Gasteiger partial charge in [0.2, 0.25) is 5.91 Å². The number of hydrogen-bond donors (Lipinski definition) is 1. The van der Waals surface area contributed by atoms with Crippen molar-refractivity contribution in [3.05, 3.63) is 89.7 Å². The number of ether oxygens (including phenoxy) is 1. The van der Waals surface area contributed by atoms with Gasteiger partial charge < -0.3 is 14.5 Å². The highest BCUT2D eigenvalue weighted by Gasteiger charge is 2.15. The zero-order valence-corrected chi connectivity index (χ0v) is 19.6. The number of aryl methyl sites for hydroxylation is 2. The number of carbonyl (C=O) groups is 1. The molecule has 4 rings (SSSR count). The molecule has 1 aromatic heterocycles. The number of amides is 1. The molecule has 3 aromatic carbocycles. The molecule has 4 heteroatoms. The molecule has 0 aliphatic heterocycles. The van der Waals surface area contributed by atoms with E-state index >= 15 is 0 Å². The van der Waals surface area contributed by atoms with Crippen molar-refractivity contribution in [2.24, 2.45) is 0 Å². The maximum Gasteiger partial charge on any atom is 0.248 e. The smallest absolute Gasteiger partial charge is 0.248 e. The lowest BCUT2D eigenvalue weighted by atomic mass is 9.98. The first-order valence-electron chi connectivity index (χ1n) is 11.3. The molecule has 168 valence electrons. The molecule has 0 atom stereocenters. The number of furan rings is 1.